The Bertz CT molecular complexity index is 495. The second kappa shape index (κ2) is 4.30. The maximum absolute atomic E-state index is 4.40. The first-order chi connectivity index (χ1) is 7.56. The van der Waals surface area contributed by atoms with E-state index >= 15 is 0 Å². The van der Waals surface area contributed by atoms with Crippen LogP contribution in [0.4, 0.5) is 5.82 Å². The molecule has 0 aromatic carbocycles. The molecule has 0 amide bonds. The summed E-state index contributed by atoms with van der Waals surface area (Å²) in [5, 5.41) is 2.95. The van der Waals surface area contributed by atoms with Crippen molar-refractivity contribution in [2.45, 2.75) is 19.4 Å². The van der Waals surface area contributed by atoms with Crippen LogP contribution in [0, 0.1) is 0 Å². The van der Waals surface area contributed by atoms with Gasteiger partial charge in [-0.05, 0) is 25.3 Å². The molecule has 0 atom stereocenters. The number of nitrogens with zero attached hydrogens (tertiary/aromatic N) is 3. The summed E-state index contributed by atoms with van der Waals surface area (Å²) < 4.78 is 1.15. The van der Waals surface area contributed by atoms with Gasteiger partial charge in [0.1, 0.15) is 12.1 Å². The van der Waals surface area contributed by atoms with Crippen LogP contribution in [-0.2, 0) is 0 Å². The van der Waals surface area contributed by atoms with Crippen LogP contribution in [-0.4, -0.2) is 27.9 Å². The van der Waals surface area contributed by atoms with Crippen molar-refractivity contribution in [2.75, 3.05) is 17.3 Å². The highest BCUT2D eigenvalue weighted by molar-refractivity contribution is 9.09. The average molecular weight is 300 g/mol. The summed E-state index contributed by atoms with van der Waals surface area (Å²) in [4.78, 5) is 10.8. The van der Waals surface area contributed by atoms with Crippen LogP contribution in [0.3, 0.4) is 0 Å². The minimum absolute atomic E-state index is 0.0330. The molecule has 0 spiro atoms. The van der Waals surface area contributed by atoms with Crippen LogP contribution in [0.5, 0.6) is 0 Å². The van der Waals surface area contributed by atoms with Crippen molar-refractivity contribution in [2.24, 2.45) is 0 Å². The van der Waals surface area contributed by atoms with Crippen LogP contribution >= 0.6 is 27.3 Å². The minimum Gasteiger partial charge on any atom is -0.352 e. The topological polar surface area (TPSA) is 29.0 Å². The summed E-state index contributed by atoms with van der Waals surface area (Å²) in [5.74, 6) is 1.00. The zero-order valence-corrected chi connectivity index (χ0v) is 12.0. The molecule has 2 heterocycles. The van der Waals surface area contributed by atoms with Crippen molar-refractivity contribution in [3.05, 3.63) is 17.8 Å². The number of hydrogen-bond donors (Lipinski definition) is 0. The van der Waals surface area contributed by atoms with Gasteiger partial charge in [0.25, 0.3) is 0 Å². The fourth-order valence-corrected chi connectivity index (χ4v) is 2.64. The molecule has 0 aliphatic heterocycles. The quantitative estimate of drug-likeness (QED) is 0.814. The van der Waals surface area contributed by atoms with E-state index in [2.05, 4.69) is 57.1 Å². The molecule has 0 saturated carbocycles. The molecule has 0 fully saturated rings. The van der Waals surface area contributed by atoms with Crippen LogP contribution in [0.25, 0.3) is 10.2 Å². The molecule has 0 N–H and O–H groups in total. The van der Waals surface area contributed by atoms with Gasteiger partial charge in [0, 0.05) is 17.9 Å². The number of fused-ring (bicyclic) bond motifs is 1. The van der Waals surface area contributed by atoms with Crippen LogP contribution in [0.2, 0.25) is 0 Å². The van der Waals surface area contributed by atoms with Gasteiger partial charge in [-0.15, -0.1) is 11.3 Å². The maximum Gasteiger partial charge on any atom is 0.150 e. The Labute approximate surface area is 108 Å². The van der Waals surface area contributed by atoms with Crippen LogP contribution in [0.15, 0.2) is 17.8 Å². The Hall–Kier alpha value is -0.680. The standard InChI is InChI=1S/C11H14BrN3S/c1-11(2,6-12)15(3)10-9-8(4-5-16-9)13-7-14-10/h4-5,7H,6H2,1-3H3. The number of alkyl halides is 1. The summed E-state index contributed by atoms with van der Waals surface area (Å²) in [6, 6.07) is 2.03. The van der Waals surface area contributed by atoms with E-state index in [1.807, 2.05) is 6.07 Å². The Balaban J connectivity index is 2.51. The largest absolute Gasteiger partial charge is 0.352 e. The van der Waals surface area contributed by atoms with Crippen molar-refractivity contribution in [1.82, 2.24) is 9.97 Å². The summed E-state index contributed by atoms with van der Waals surface area (Å²) in [5.41, 5.74) is 1.05. The molecule has 0 saturated heterocycles. The van der Waals surface area contributed by atoms with Gasteiger partial charge in [-0.3, -0.25) is 0 Å². The Kier molecular flexibility index (Phi) is 3.17. The number of aromatic nitrogens is 2. The Morgan fingerprint density at radius 3 is 2.88 bits per heavy atom. The molecule has 2 aromatic heterocycles. The Morgan fingerprint density at radius 2 is 2.19 bits per heavy atom. The lowest BCUT2D eigenvalue weighted by molar-refractivity contribution is 0.548. The van der Waals surface area contributed by atoms with Gasteiger partial charge in [-0.1, -0.05) is 15.9 Å². The number of rotatable bonds is 3. The van der Waals surface area contributed by atoms with Crippen LogP contribution in [0.1, 0.15) is 13.8 Å². The van der Waals surface area contributed by atoms with E-state index in [-0.39, 0.29) is 5.54 Å². The average Bonchev–Trinajstić information content (AvgIpc) is 2.75. The zero-order valence-electron chi connectivity index (χ0n) is 9.57. The monoisotopic (exact) mass is 299 g/mol. The summed E-state index contributed by atoms with van der Waals surface area (Å²) >= 11 is 5.23. The molecule has 16 heavy (non-hydrogen) atoms. The highest BCUT2D eigenvalue weighted by atomic mass is 79.9. The van der Waals surface area contributed by atoms with Crippen molar-refractivity contribution < 1.29 is 0 Å². The smallest absolute Gasteiger partial charge is 0.150 e. The molecule has 0 bridgehead atoms. The minimum atomic E-state index is 0.0330. The predicted molar refractivity (Wildman–Crippen MR) is 73.7 cm³/mol. The van der Waals surface area contributed by atoms with Gasteiger partial charge < -0.3 is 4.90 Å². The van der Waals surface area contributed by atoms with Gasteiger partial charge in [0.05, 0.1) is 10.2 Å². The lowest BCUT2D eigenvalue weighted by Crippen LogP contribution is -2.43. The summed E-state index contributed by atoms with van der Waals surface area (Å²) in [6.45, 7) is 4.37. The second-order valence-electron chi connectivity index (χ2n) is 4.34. The van der Waals surface area contributed by atoms with Crippen molar-refractivity contribution >= 4 is 43.3 Å². The number of thiophene rings is 1. The van der Waals surface area contributed by atoms with E-state index in [1.54, 1.807) is 17.7 Å². The molecular formula is C11H14BrN3S. The Morgan fingerprint density at radius 1 is 1.44 bits per heavy atom. The number of halogens is 1. The predicted octanol–water partition coefficient (Wildman–Crippen LogP) is 3.30. The lowest BCUT2D eigenvalue weighted by atomic mass is 10.1. The SMILES string of the molecule is CN(c1ncnc2ccsc12)C(C)(C)CBr. The fraction of sp³-hybridized carbons (Fsp3) is 0.455. The molecule has 86 valence electrons. The van der Waals surface area contributed by atoms with E-state index in [0.29, 0.717) is 0 Å². The van der Waals surface area contributed by atoms with Crippen LogP contribution < -0.4 is 4.90 Å². The molecule has 2 rings (SSSR count). The number of hydrogen-bond acceptors (Lipinski definition) is 4. The third-order valence-electron chi connectivity index (χ3n) is 2.78. The van der Waals surface area contributed by atoms with Gasteiger partial charge in [0.15, 0.2) is 0 Å². The zero-order chi connectivity index (χ0) is 11.8. The second-order valence-corrected chi connectivity index (χ2v) is 5.81. The molecule has 0 radical (unpaired) electrons. The maximum atomic E-state index is 4.40. The third kappa shape index (κ3) is 1.94. The molecule has 0 unspecified atom stereocenters. The van der Waals surface area contributed by atoms with Crippen molar-refractivity contribution in [3.8, 4) is 0 Å². The first-order valence-electron chi connectivity index (χ1n) is 5.04. The number of anilines is 1. The third-order valence-corrected chi connectivity index (χ3v) is 5.05. The summed E-state index contributed by atoms with van der Waals surface area (Å²) in [7, 11) is 2.07. The molecule has 2 aromatic rings. The summed E-state index contributed by atoms with van der Waals surface area (Å²) in [6.07, 6.45) is 1.63. The molecule has 3 nitrogen and oxygen atoms in total. The molecule has 0 aliphatic carbocycles. The van der Waals surface area contributed by atoms with E-state index < -0.39 is 0 Å². The van der Waals surface area contributed by atoms with Gasteiger partial charge >= 0.3 is 0 Å². The highest BCUT2D eigenvalue weighted by Gasteiger charge is 2.25. The first kappa shape index (κ1) is 11.8. The van der Waals surface area contributed by atoms with Gasteiger partial charge in [-0.2, -0.15) is 0 Å². The molecule has 5 heteroatoms. The lowest BCUT2D eigenvalue weighted by Gasteiger charge is -2.35. The van der Waals surface area contributed by atoms with E-state index in [1.165, 1.54) is 0 Å². The highest BCUT2D eigenvalue weighted by Crippen LogP contribution is 2.31. The van der Waals surface area contributed by atoms with Gasteiger partial charge in [-0.25, -0.2) is 9.97 Å². The van der Waals surface area contributed by atoms with E-state index in [4.69, 9.17) is 0 Å². The molecular weight excluding hydrogens is 286 g/mol. The van der Waals surface area contributed by atoms with E-state index in [9.17, 15) is 0 Å². The van der Waals surface area contributed by atoms with Crippen molar-refractivity contribution in [1.29, 1.82) is 0 Å². The normalized spacial score (nSPS) is 12.0. The van der Waals surface area contributed by atoms with Crippen molar-refractivity contribution in [3.63, 3.8) is 0 Å². The molecule has 0 aliphatic rings. The van der Waals surface area contributed by atoms with E-state index in [0.717, 1.165) is 21.4 Å². The fourth-order valence-electron chi connectivity index (χ4n) is 1.39. The first-order valence-corrected chi connectivity index (χ1v) is 7.04. The van der Waals surface area contributed by atoms with Gasteiger partial charge in [0.2, 0.25) is 0 Å².